The molecule has 1 saturated heterocycles. The topological polar surface area (TPSA) is 99.7 Å². The molecule has 1 N–H and O–H groups in total. The summed E-state index contributed by atoms with van der Waals surface area (Å²) in [5.41, 5.74) is 0.681. The minimum Gasteiger partial charge on any atom is -0.390 e. The zero-order chi connectivity index (χ0) is 24.0. The van der Waals surface area contributed by atoms with Crippen LogP contribution in [0.4, 0.5) is 0 Å². The van der Waals surface area contributed by atoms with Crippen molar-refractivity contribution >= 4 is 44.7 Å². The van der Waals surface area contributed by atoms with E-state index in [0.717, 1.165) is 24.1 Å². The molecule has 1 aliphatic heterocycles. The van der Waals surface area contributed by atoms with E-state index in [1.54, 1.807) is 6.20 Å². The van der Waals surface area contributed by atoms with Crippen molar-refractivity contribution in [1.29, 1.82) is 0 Å². The maximum atomic E-state index is 13.3. The van der Waals surface area contributed by atoms with Crippen LogP contribution in [-0.2, 0) is 39.1 Å². The van der Waals surface area contributed by atoms with E-state index >= 15 is 0 Å². The Labute approximate surface area is 206 Å². The first-order valence-corrected chi connectivity index (χ1v) is 13.9. The zero-order valence-corrected chi connectivity index (χ0v) is 20.7. The van der Waals surface area contributed by atoms with Gasteiger partial charge < -0.3 is 5.32 Å². The molecule has 4 rings (SSSR count). The van der Waals surface area contributed by atoms with Crippen LogP contribution in [0.1, 0.15) is 15.4 Å². The van der Waals surface area contributed by atoms with Gasteiger partial charge in [0.15, 0.2) is 0 Å². The van der Waals surface area contributed by atoms with Gasteiger partial charge in [-0.25, -0.2) is 8.61 Å². The minimum atomic E-state index is -4.28. The normalized spacial score (nSPS) is 15.6. The molecule has 3 aromatic rings. The van der Waals surface area contributed by atoms with Crippen molar-refractivity contribution in [2.24, 2.45) is 0 Å². The Balaban J connectivity index is 1.53. The molecule has 0 atom stereocenters. The number of carbonyl (C=O) groups is 2. The van der Waals surface area contributed by atoms with Crippen molar-refractivity contribution in [3.63, 3.8) is 0 Å². The van der Waals surface area contributed by atoms with Crippen LogP contribution in [0.2, 0.25) is 0 Å². The molecular weight excluding hydrogens is 492 g/mol. The Morgan fingerprint density at radius 1 is 0.853 bits per heavy atom. The molecular formula is C23H24N4O4S3. The van der Waals surface area contributed by atoms with E-state index in [1.165, 1.54) is 28.9 Å². The molecule has 3 aromatic heterocycles. The lowest BCUT2D eigenvalue weighted by Gasteiger charge is -2.35. The lowest BCUT2D eigenvalue weighted by Crippen LogP contribution is -2.57. The molecule has 1 fully saturated rings. The van der Waals surface area contributed by atoms with Gasteiger partial charge in [-0.05, 0) is 35.0 Å². The van der Waals surface area contributed by atoms with E-state index in [9.17, 15) is 18.0 Å². The van der Waals surface area contributed by atoms with E-state index in [0.29, 0.717) is 25.8 Å². The highest BCUT2D eigenvalue weighted by atomic mass is 32.2. The Kier molecular flexibility index (Phi) is 7.76. The summed E-state index contributed by atoms with van der Waals surface area (Å²) in [6.45, 7) is 0.379. The zero-order valence-electron chi connectivity index (χ0n) is 18.3. The molecule has 0 saturated carbocycles. The average Bonchev–Trinajstić information content (AvgIpc) is 3.53. The highest BCUT2D eigenvalue weighted by Crippen LogP contribution is 2.24. The SMILES string of the molecule is O=C1C(=CNCCc2ccccn2)C(=O)N(CCc2cccs2)S(=O)(=O)N1CCc1cccs1. The van der Waals surface area contributed by atoms with E-state index in [-0.39, 0.29) is 18.7 Å². The van der Waals surface area contributed by atoms with Gasteiger partial charge in [0.2, 0.25) is 0 Å². The molecule has 0 unspecified atom stereocenters. The predicted octanol–water partition coefficient (Wildman–Crippen LogP) is 2.62. The van der Waals surface area contributed by atoms with Crippen molar-refractivity contribution in [2.75, 3.05) is 19.6 Å². The summed E-state index contributed by atoms with van der Waals surface area (Å²) < 4.78 is 28.2. The van der Waals surface area contributed by atoms with Crippen LogP contribution in [0.25, 0.3) is 0 Å². The summed E-state index contributed by atoms with van der Waals surface area (Å²) in [7, 11) is -4.28. The number of carbonyl (C=O) groups excluding carboxylic acids is 2. The van der Waals surface area contributed by atoms with Gasteiger partial charge in [0.05, 0.1) is 0 Å². The van der Waals surface area contributed by atoms with E-state index in [4.69, 9.17) is 0 Å². The Bertz CT molecular complexity index is 1170. The van der Waals surface area contributed by atoms with Gasteiger partial charge in [-0.15, -0.1) is 22.7 Å². The largest absolute Gasteiger partial charge is 0.390 e. The van der Waals surface area contributed by atoms with Gasteiger partial charge in [0.25, 0.3) is 11.8 Å². The van der Waals surface area contributed by atoms with Crippen molar-refractivity contribution in [3.8, 4) is 0 Å². The molecule has 178 valence electrons. The summed E-state index contributed by atoms with van der Waals surface area (Å²) in [6, 6.07) is 13.1. The van der Waals surface area contributed by atoms with Crippen LogP contribution in [0.15, 0.2) is 71.2 Å². The monoisotopic (exact) mass is 516 g/mol. The number of thiophene rings is 2. The van der Waals surface area contributed by atoms with Crippen LogP contribution in [0, 0.1) is 0 Å². The number of hydrogen-bond acceptors (Lipinski definition) is 8. The third-order valence-corrected chi connectivity index (χ3v) is 8.93. The first kappa shape index (κ1) is 24.1. The minimum absolute atomic E-state index is 0.0320. The standard InChI is InChI=1S/C23H24N4O4S3/c28-22-21(17-24-12-8-18-5-1-2-11-25-18)23(29)27(14-10-20-7-4-16-33-20)34(30,31)26(22)13-9-19-6-3-15-32-19/h1-7,11,15-17,24H,8-10,12-14H2. The van der Waals surface area contributed by atoms with E-state index in [1.807, 2.05) is 53.2 Å². The van der Waals surface area contributed by atoms with Gasteiger partial charge in [-0.2, -0.15) is 8.42 Å². The number of pyridine rings is 1. The molecule has 1 aliphatic rings. The fourth-order valence-corrected chi connectivity index (χ4v) is 6.39. The number of rotatable bonds is 10. The van der Waals surface area contributed by atoms with Crippen LogP contribution in [0.5, 0.6) is 0 Å². The molecule has 4 heterocycles. The second-order valence-electron chi connectivity index (χ2n) is 7.50. The Morgan fingerprint density at radius 2 is 1.47 bits per heavy atom. The van der Waals surface area contributed by atoms with Crippen LogP contribution < -0.4 is 5.32 Å². The molecule has 0 bridgehead atoms. The average molecular weight is 517 g/mol. The summed E-state index contributed by atoms with van der Waals surface area (Å²) >= 11 is 2.99. The van der Waals surface area contributed by atoms with Crippen molar-refractivity contribution in [1.82, 2.24) is 18.9 Å². The van der Waals surface area contributed by atoms with Gasteiger partial charge in [0, 0.05) is 66.7 Å². The lowest BCUT2D eigenvalue weighted by atomic mass is 10.2. The summed E-state index contributed by atoms with van der Waals surface area (Å²) in [5.74, 6) is -1.61. The number of hydrogen-bond donors (Lipinski definition) is 1. The van der Waals surface area contributed by atoms with Crippen molar-refractivity contribution in [2.45, 2.75) is 19.3 Å². The number of nitrogens with zero attached hydrogens (tertiary/aromatic N) is 3. The molecule has 0 radical (unpaired) electrons. The number of nitrogens with one attached hydrogen (secondary N) is 1. The summed E-state index contributed by atoms with van der Waals surface area (Å²) in [5, 5.41) is 6.78. The maximum absolute atomic E-state index is 13.3. The summed E-state index contributed by atoms with van der Waals surface area (Å²) in [4.78, 5) is 32.4. The molecule has 0 aliphatic carbocycles. The van der Waals surface area contributed by atoms with E-state index in [2.05, 4.69) is 10.3 Å². The van der Waals surface area contributed by atoms with Gasteiger partial charge in [-0.3, -0.25) is 14.6 Å². The number of aromatic nitrogens is 1. The molecule has 34 heavy (non-hydrogen) atoms. The molecule has 8 nitrogen and oxygen atoms in total. The fraction of sp³-hybridized carbons (Fsp3) is 0.261. The van der Waals surface area contributed by atoms with Gasteiger partial charge >= 0.3 is 10.2 Å². The Morgan fingerprint density at radius 3 is 1.97 bits per heavy atom. The third-order valence-electron chi connectivity index (χ3n) is 5.25. The van der Waals surface area contributed by atoms with Crippen LogP contribution in [0.3, 0.4) is 0 Å². The second-order valence-corrected chi connectivity index (χ2v) is 11.3. The molecule has 11 heteroatoms. The van der Waals surface area contributed by atoms with Crippen LogP contribution >= 0.6 is 22.7 Å². The van der Waals surface area contributed by atoms with Crippen molar-refractivity contribution < 1.29 is 18.0 Å². The highest BCUT2D eigenvalue weighted by molar-refractivity contribution is 7.88. The maximum Gasteiger partial charge on any atom is 0.331 e. The van der Waals surface area contributed by atoms with Crippen LogP contribution in [-0.4, -0.2) is 53.5 Å². The molecule has 2 amide bonds. The third kappa shape index (κ3) is 5.54. The van der Waals surface area contributed by atoms with Gasteiger partial charge in [-0.1, -0.05) is 18.2 Å². The first-order valence-electron chi connectivity index (χ1n) is 10.7. The smallest absolute Gasteiger partial charge is 0.331 e. The summed E-state index contributed by atoms with van der Waals surface area (Å²) in [6.07, 6.45) is 4.39. The van der Waals surface area contributed by atoms with Gasteiger partial charge in [0.1, 0.15) is 5.57 Å². The molecule has 0 aromatic carbocycles. The lowest BCUT2D eigenvalue weighted by molar-refractivity contribution is -0.131. The highest BCUT2D eigenvalue weighted by Gasteiger charge is 2.46. The quantitative estimate of drug-likeness (QED) is 0.253. The molecule has 0 spiro atoms. The van der Waals surface area contributed by atoms with Crippen molar-refractivity contribution in [3.05, 3.63) is 86.6 Å². The number of amides is 2. The Hall–Kier alpha value is -3.02. The second kappa shape index (κ2) is 10.9. The van der Waals surface area contributed by atoms with E-state index < -0.39 is 22.0 Å². The fourth-order valence-electron chi connectivity index (χ4n) is 3.50. The predicted molar refractivity (Wildman–Crippen MR) is 132 cm³/mol. The first-order chi connectivity index (χ1) is 16.5.